The lowest BCUT2D eigenvalue weighted by atomic mass is 10.3. The molecule has 3 heteroatoms. The molecular weight excluding hydrogens is 208 g/mol. The van der Waals surface area contributed by atoms with Crippen molar-refractivity contribution >= 4 is 22.6 Å². The molecule has 0 saturated heterocycles. The number of nitrogens with zero attached hydrogens (tertiary/aromatic N) is 2. The summed E-state index contributed by atoms with van der Waals surface area (Å²) >= 11 is 6.05. The van der Waals surface area contributed by atoms with Gasteiger partial charge in [-0.3, -0.25) is 0 Å². The van der Waals surface area contributed by atoms with Gasteiger partial charge in [-0.2, -0.15) is 0 Å². The van der Waals surface area contributed by atoms with Gasteiger partial charge in [-0.05, 0) is 25.5 Å². The van der Waals surface area contributed by atoms with Crippen LogP contribution in [0.3, 0.4) is 0 Å². The van der Waals surface area contributed by atoms with Gasteiger partial charge in [-0.25, -0.2) is 9.13 Å². The monoisotopic (exact) mass is 221 g/mol. The topological polar surface area (TPSA) is 8.81 Å². The maximum Gasteiger partial charge on any atom is 0.257 e. The van der Waals surface area contributed by atoms with Crippen molar-refractivity contribution in [3.8, 4) is 0 Å². The summed E-state index contributed by atoms with van der Waals surface area (Å²) in [7, 11) is 0. The van der Waals surface area contributed by atoms with E-state index in [4.69, 9.17) is 11.6 Å². The number of halogens is 1. The molecule has 0 spiro atoms. The zero-order chi connectivity index (χ0) is 10.4. The predicted octanol–water partition coefficient (Wildman–Crippen LogP) is 2.55. The summed E-state index contributed by atoms with van der Waals surface area (Å²) < 4.78 is 4.81. The lowest BCUT2D eigenvalue weighted by Crippen LogP contribution is -2.35. The highest BCUT2D eigenvalue weighted by Gasteiger charge is 2.27. The second kappa shape index (κ2) is 3.24. The Balaban J connectivity index is 2.41. The van der Waals surface area contributed by atoms with E-state index in [2.05, 4.69) is 28.2 Å². The van der Waals surface area contributed by atoms with Gasteiger partial charge in [0.05, 0.1) is 19.5 Å². The Morgan fingerprint density at radius 3 is 3.13 bits per heavy atom. The highest BCUT2D eigenvalue weighted by Crippen LogP contribution is 2.23. The normalized spacial score (nSPS) is 14.8. The lowest BCUT2D eigenvalue weighted by Gasteiger charge is -1.94. The van der Waals surface area contributed by atoms with Crippen molar-refractivity contribution in [3.05, 3.63) is 29.0 Å². The highest BCUT2D eigenvalue weighted by atomic mass is 35.5. The third kappa shape index (κ3) is 1.21. The largest absolute Gasteiger partial charge is 0.257 e. The van der Waals surface area contributed by atoms with Crippen molar-refractivity contribution in [2.75, 3.05) is 0 Å². The van der Waals surface area contributed by atoms with Crippen LogP contribution in [0.15, 0.2) is 18.2 Å². The van der Waals surface area contributed by atoms with Crippen LogP contribution in [0, 0.1) is 0 Å². The fourth-order valence-corrected chi connectivity index (χ4v) is 2.80. The molecule has 0 amide bonds. The molecule has 15 heavy (non-hydrogen) atoms. The van der Waals surface area contributed by atoms with Crippen molar-refractivity contribution in [2.24, 2.45) is 0 Å². The summed E-state index contributed by atoms with van der Waals surface area (Å²) in [5.74, 6) is 1.45. The molecule has 1 aliphatic rings. The number of aromatic nitrogens is 2. The fraction of sp³-hybridized carbons (Fsp3) is 0.417. The van der Waals surface area contributed by atoms with Crippen molar-refractivity contribution in [2.45, 2.75) is 32.9 Å². The van der Waals surface area contributed by atoms with Gasteiger partial charge in [0.2, 0.25) is 0 Å². The molecule has 3 rings (SSSR count). The van der Waals surface area contributed by atoms with E-state index in [1.807, 2.05) is 6.07 Å². The minimum atomic E-state index is 0.831. The number of imidazole rings is 1. The third-order valence-electron chi connectivity index (χ3n) is 3.24. The molecule has 0 bridgehead atoms. The molecule has 0 N–H and O–H groups in total. The van der Waals surface area contributed by atoms with Gasteiger partial charge >= 0.3 is 0 Å². The van der Waals surface area contributed by atoms with E-state index in [1.165, 1.54) is 29.7 Å². The van der Waals surface area contributed by atoms with Crippen molar-refractivity contribution < 1.29 is 4.57 Å². The first-order chi connectivity index (χ1) is 7.31. The molecule has 0 fully saturated rings. The molecule has 1 aromatic heterocycles. The Bertz CT molecular complexity index is 528. The predicted molar refractivity (Wildman–Crippen MR) is 61.1 cm³/mol. The molecule has 0 saturated carbocycles. The van der Waals surface area contributed by atoms with Gasteiger partial charge in [-0.15, -0.1) is 0 Å². The maximum absolute atomic E-state index is 6.05. The first kappa shape index (κ1) is 9.22. The maximum atomic E-state index is 6.05. The minimum Gasteiger partial charge on any atom is -0.227 e. The van der Waals surface area contributed by atoms with Crippen molar-refractivity contribution in [1.29, 1.82) is 0 Å². The first-order valence-electron chi connectivity index (χ1n) is 5.51. The summed E-state index contributed by atoms with van der Waals surface area (Å²) in [6, 6.07) is 6.19. The molecule has 0 unspecified atom stereocenters. The van der Waals surface area contributed by atoms with E-state index in [0.29, 0.717) is 0 Å². The molecule has 0 aliphatic carbocycles. The molecule has 2 nitrogen and oxygen atoms in total. The number of hydrogen-bond donors (Lipinski definition) is 0. The van der Waals surface area contributed by atoms with E-state index in [1.54, 1.807) is 0 Å². The summed E-state index contributed by atoms with van der Waals surface area (Å²) in [5.41, 5.74) is 2.61. The highest BCUT2D eigenvalue weighted by molar-refractivity contribution is 6.31. The third-order valence-corrected chi connectivity index (χ3v) is 3.48. The summed E-state index contributed by atoms with van der Waals surface area (Å²) in [4.78, 5) is 0. The van der Waals surface area contributed by atoms with Crippen molar-refractivity contribution in [3.63, 3.8) is 0 Å². The molecule has 1 aromatic carbocycles. The summed E-state index contributed by atoms with van der Waals surface area (Å²) in [6.45, 7) is 4.38. The molecule has 0 atom stereocenters. The summed E-state index contributed by atoms with van der Waals surface area (Å²) in [5, 5.41) is 0.831. The molecule has 1 aliphatic heterocycles. The first-order valence-corrected chi connectivity index (χ1v) is 5.89. The van der Waals surface area contributed by atoms with Crippen LogP contribution in [0.5, 0.6) is 0 Å². The van der Waals surface area contributed by atoms with E-state index in [-0.39, 0.29) is 0 Å². The summed E-state index contributed by atoms with van der Waals surface area (Å²) in [6.07, 6.45) is 2.46. The van der Waals surface area contributed by atoms with Gasteiger partial charge in [0.15, 0.2) is 11.0 Å². The quantitative estimate of drug-likeness (QED) is 0.655. The smallest absolute Gasteiger partial charge is 0.227 e. The van der Waals surface area contributed by atoms with Crippen LogP contribution in [0.1, 0.15) is 19.2 Å². The molecule has 2 heterocycles. The average molecular weight is 222 g/mol. The second-order valence-corrected chi connectivity index (χ2v) is 4.49. The Hall–Kier alpha value is -1.02. The molecule has 0 radical (unpaired) electrons. The average Bonchev–Trinajstić information content (AvgIpc) is 2.77. The van der Waals surface area contributed by atoms with Gasteiger partial charge in [0.25, 0.3) is 5.82 Å². The Kier molecular flexibility index (Phi) is 1.99. The lowest BCUT2D eigenvalue weighted by molar-refractivity contribution is -0.675. The zero-order valence-corrected chi connectivity index (χ0v) is 9.59. The zero-order valence-electron chi connectivity index (χ0n) is 8.83. The molecular formula is C12H14ClN2+. The van der Waals surface area contributed by atoms with Crippen molar-refractivity contribution in [1.82, 2.24) is 4.57 Å². The van der Waals surface area contributed by atoms with Gasteiger partial charge in [-0.1, -0.05) is 11.6 Å². The van der Waals surface area contributed by atoms with E-state index < -0.39 is 0 Å². The van der Waals surface area contributed by atoms with E-state index >= 15 is 0 Å². The Labute approximate surface area is 94.1 Å². The number of benzene rings is 1. The Morgan fingerprint density at radius 1 is 1.47 bits per heavy atom. The van der Waals surface area contributed by atoms with Gasteiger partial charge in [0.1, 0.15) is 0 Å². The van der Waals surface area contributed by atoms with Crippen LogP contribution in [-0.4, -0.2) is 4.57 Å². The number of fused-ring (bicyclic) bond motifs is 3. The molecule has 2 aromatic rings. The van der Waals surface area contributed by atoms with Crippen LogP contribution in [0.25, 0.3) is 11.0 Å². The number of rotatable bonds is 1. The van der Waals surface area contributed by atoms with Crippen LogP contribution < -0.4 is 4.57 Å². The van der Waals surface area contributed by atoms with E-state index in [0.717, 1.165) is 18.1 Å². The van der Waals surface area contributed by atoms with Crippen LogP contribution >= 0.6 is 11.6 Å². The Morgan fingerprint density at radius 2 is 2.33 bits per heavy atom. The van der Waals surface area contributed by atoms with Crippen LogP contribution in [-0.2, 0) is 19.5 Å². The SMILES string of the molecule is CC[n+]1c2n(c3cc(Cl)ccc31)CCC2. The van der Waals surface area contributed by atoms with Gasteiger partial charge in [0, 0.05) is 11.1 Å². The van der Waals surface area contributed by atoms with Gasteiger partial charge < -0.3 is 0 Å². The number of hydrogen-bond acceptors (Lipinski definition) is 0. The standard InChI is InChI=1S/C12H14ClN2/c1-2-14-10-6-5-9(13)8-11(10)15-7-3-4-12(14)15/h5-6,8H,2-4,7H2,1H3/q+1. The number of aryl methyl sites for hydroxylation is 2. The van der Waals surface area contributed by atoms with E-state index in [9.17, 15) is 0 Å². The second-order valence-electron chi connectivity index (χ2n) is 4.05. The van der Waals surface area contributed by atoms with Crippen LogP contribution in [0.2, 0.25) is 5.02 Å². The molecule has 78 valence electrons. The van der Waals surface area contributed by atoms with Crippen LogP contribution in [0.4, 0.5) is 0 Å². The fourth-order valence-electron chi connectivity index (χ4n) is 2.63. The minimum absolute atomic E-state index is 0.831.